The van der Waals surface area contributed by atoms with Crippen molar-refractivity contribution < 1.29 is 18.7 Å². The van der Waals surface area contributed by atoms with Gasteiger partial charge in [-0.1, -0.05) is 29.8 Å². The van der Waals surface area contributed by atoms with Crippen molar-refractivity contribution in [3.05, 3.63) is 64.5 Å². The molecule has 0 aliphatic rings. The maximum atomic E-state index is 12.8. The topological polar surface area (TPSA) is 55.4 Å². The maximum Gasteiger partial charge on any atom is 0.306 e. The maximum absolute atomic E-state index is 12.8. The summed E-state index contributed by atoms with van der Waals surface area (Å²) < 4.78 is 17.8. The van der Waals surface area contributed by atoms with E-state index in [1.165, 1.54) is 12.1 Å². The first kappa shape index (κ1) is 18.6. The Morgan fingerprint density at radius 2 is 1.64 bits per heavy atom. The van der Waals surface area contributed by atoms with E-state index >= 15 is 0 Å². The van der Waals surface area contributed by atoms with Gasteiger partial charge < -0.3 is 10.1 Å². The number of aryl methyl sites for hydroxylation is 4. The zero-order valence-electron chi connectivity index (χ0n) is 14.7. The van der Waals surface area contributed by atoms with Crippen molar-refractivity contribution in [2.75, 3.05) is 11.9 Å². The summed E-state index contributed by atoms with van der Waals surface area (Å²) in [7, 11) is 0. The van der Waals surface area contributed by atoms with Gasteiger partial charge in [-0.25, -0.2) is 4.39 Å². The van der Waals surface area contributed by atoms with Crippen LogP contribution in [0.3, 0.4) is 0 Å². The third-order valence-corrected chi connectivity index (χ3v) is 3.84. The molecule has 0 heterocycles. The van der Waals surface area contributed by atoms with Gasteiger partial charge in [-0.05, 0) is 56.0 Å². The molecular formula is C20H22FNO3. The van der Waals surface area contributed by atoms with Crippen LogP contribution >= 0.6 is 0 Å². The van der Waals surface area contributed by atoms with Crippen LogP contribution in [0.4, 0.5) is 10.1 Å². The molecule has 1 N–H and O–H groups in total. The lowest BCUT2D eigenvalue weighted by Crippen LogP contribution is -2.22. The van der Waals surface area contributed by atoms with Crippen LogP contribution in [0.2, 0.25) is 0 Å². The molecule has 0 spiro atoms. The minimum absolute atomic E-state index is 0.140. The largest absolute Gasteiger partial charge is 0.456 e. The van der Waals surface area contributed by atoms with Crippen LogP contribution in [0.1, 0.15) is 28.7 Å². The van der Waals surface area contributed by atoms with Crippen molar-refractivity contribution in [2.45, 2.75) is 33.6 Å². The van der Waals surface area contributed by atoms with E-state index in [4.69, 9.17) is 4.74 Å². The molecule has 1 amide bonds. The molecule has 2 aromatic rings. The van der Waals surface area contributed by atoms with E-state index in [0.717, 1.165) is 27.9 Å². The van der Waals surface area contributed by atoms with Crippen molar-refractivity contribution >= 4 is 17.6 Å². The van der Waals surface area contributed by atoms with Gasteiger partial charge in [0.15, 0.2) is 6.61 Å². The fraction of sp³-hybridized carbons (Fsp3) is 0.300. The molecule has 0 unspecified atom stereocenters. The van der Waals surface area contributed by atoms with E-state index in [0.29, 0.717) is 6.42 Å². The zero-order chi connectivity index (χ0) is 18.4. The minimum Gasteiger partial charge on any atom is -0.456 e. The fourth-order valence-electron chi connectivity index (χ4n) is 2.67. The predicted molar refractivity (Wildman–Crippen MR) is 95.0 cm³/mol. The monoisotopic (exact) mass is 343 g/mol. The molecule has 0 aromatic heterocycles. The zero-order valence-corrected chi connectivity index (χ0v) is 14.7. The molecule has 2 aromatic carbocycles. The van der Waals surface area contributed by atoms with Crippen LogP contribution in [0.5, 0.6) is 0 Å². The number of benzene rings is 2. The second kappa shape index (κ2) is 8.42. The summed E-state index contributed by atoms with van der Waals surface area (Å²) in [6, 6.07) is 9.91. The highest BCUT2D eigenvalue weighted by Crippen LogP contribution is 2.21. The molecule has 2 rings (SSSR count). The van der Waals surface area contributed by atoms with E-state index in [9.17, 15) is 14.0 Å². The van der Waals surface area contributed by atoms with Crippen LogP contribution in [0.15, 0.2) is 36.4 Å². The number of esters is 1. The SMILES string of the molecule is Cc1cc(C)c(NC(=O)COC(=O)CCc2ccc(F)cc2)c(C)c1. The van der Waals surface area contributed by atoms with Crippen molar-refractivity contribution in [1.82, 2.24) is 0 Å². The molecular weight excluding hydrogens is 321 g/mol. The van der Waals surface area contributed by atoms with Crippen molar-refractivity contribution in [3.63, 3.8) is 0 Å². The second-order valence-corrected chi connectivity index (χ2v) is 6.11. The number of rotatable bonds is 6. The van der Waals surface area contributed by atoms with Crippen LogP contribution in [0.25, 0.3) is 0 Å². The van der Waals surface area contributed by atoms with Gasteiger partial charge in [0, 0.05) is 12.1 Å². The molecule has 0 aliphatic carbocycles. The van der Waals surface area contributed by atoms with Crippen LogP contribution in [-0.2, 0) is 20.7 Å². The Labute approximate surface area is 147 Å². The van der Waals surface area contributed by atoms with Crippen LogP contribution in [-0.4, -0.2) is 18.5 Å². The van der Waals surface area contributed by atoms with Crippen LogP contribution < -0.4 is 5.32 Å². The van der Waals surface area contributed by atoms with E-state index in [1.54, 1.807) is 12.1 Å². The normalized spacial score (nSPS) is 10.4. The number of carbonyl (C=O) groups excluding carboxylic acids is 2. The summed E-state index contributed by atoms with van der Waals surface area (Å²) in [4.78, 5) is 23.7. The van der Waals surface area contributed by atoms with Gasteiger partial charge in [0.1, 0.15) is 5.82 Å². The summed E-state index contributed by atoms with van der Waals surface area (Å²) >= 11 is 0. The number of halogens is 1. The highest BCUT2D eigenvalue weighted by molar-refractivity contribution is 5.94. The molecule has 0 atom stereocenters. The Morgan fingerprint density at radius 3 is 2.24 bits per heavy atom. The standard InChI is InChI=1S/C20H22FNO3/c1-13-10-14(2)20(15(3)11-13)22-18(23)12-25-19(24)9-6-16-4-7-17(21)8-5-16/h4-5,7-8,10-11H,6,9,12H2,1-3H3,(H,22,23). The Bertz CT molecular complexity index is 746. The first-order valence-electron chi connectivity index (χ1n) is 8.13. The molecule has 0 aliphatic heterocycles. The molecule has 0 saturated heterocycles. The lowest BCUT2D eigenvalue weighted by molar-refractivity contribution is -0.147. The van der Waals surface area contributed by atoms with E-state index in [2.05, 4.69) is 5.32 Å². The van der Waals surface area contributed by atoms with Gasteiger partial charge in [-0.2, -0.15) is 0 Å². The number of ether oxygens (including phenoxy) is 1. The first-order chi connectivity index (χ1) is 11.8. The molecule has 0 saturated carbocycles. The van der Waals surface area contributed by atoms with Crippen molar-refractivity contribution in [1.29, 1.82) is 0 Å². The van der Waals surface area contributed by atoms with Gasteiger partial charge in [-0.3, -0.25) is 9.59 Å². The number of hydrogen-bond acceptors (Lipinski definition) is 3. The number of anilines is 1. The van der Waals surface area contributed by atoms with Crippen LogP contribution in [0, 0.1) is 26.6 Å². The van der Waals surface area contributed by atoms with Crippen molar-refractivity contribution in [2.24, 2.45) is 0 Å². The van der Waals surface area contributed by atoms with Gasteiger partial charge in [0.25, 0.3) is 5.91 Å². The summed E-state index contributed by atoms with van der Waals surface area (Å²) in [5, 5.41) is 2.78. The molecule has 132 valence electrons. The second-order valence-electron chi connectivity index (χ2n) is 6.11. The molecule has 25 heavy (non-hydrogen) atoms. The highest BCUT2D eigenvalue weighted by Gasteiger charge is 2.11. The van der Waals surface area contributed by atoms with E-state index < -0.39 is 5.97 Å². The molecule has 5 heteroatoms. The van der Waals surface area contributed by atoms with Gasteiger partial charge in [0.2, 0.25) is 0 Å². The first-order valence-corrected chi connectivity index (χ1v) is 8.13. The minimum atomic E-state index is -0.461. The Kier molecular flexibility index (Phi) is 6.28. The predicted octanol–water partition coefficient (Wildman–Crippen LogP) is 3.87. The quantitative estimate of drug-likeness (QED) is 0.810. The van der Waals surface area contributed by atoms with Gasteiger partial charge in [-0.15, -0.1) is 0 Å². The lowest BCUT2D eigenvalue weighted by Gasteiger charge is -2.13. The summed E-state index contributed by atoms with van der Waals surface area (Å²) in [5.41, 5.74) is 4.65. The number of amides is 1. The van der Waals surface area contributed by atoms with E-state index in [1.807, 2.05) is 32.9 Å². The number of nitrogens with one attached hydrogen (secondary N) is 1. The highest BCUT2D eigenvalue weighted by atomic mass is 19.1. The molecule has 0 fully saturated rings. The Hall–Kier alpha value is -2.69. The lowest BCUT2D eigenvalue weighted by atomic mass is 10.1. The average molecular weight is 343 g/mol. The van der Waals surface area contributed by atoms with Gasteiger partial charge >= 0.3 is 5.97 Å². The third-order valence-electron chi connectivity index (χ3n) is 3.84. The summed E-state index contributed by atoms with van der Waals surface area (Å²) in [6.07, 6.45) is 0.582. The third kappa shape index (κ3) is 5.71. The average Bonchev–Trinajstić information content (AvgIpc) is 2.55. The number of hydrogen-bond donors (Lipinski definition) is 1. The Balaban J connectivity index is 1.79. The number of carbonyl (C=O) groups is 2. The fourth-order valence-corrected chi connectivity index (χ4v) is 2.67. The molecule has 0 radical (unpaired) electrons. The Morgan fingerprint density at radius 1 is 1.04 bits per heavy atom. The smallest absolute Gasteiger partial charge is 0.306 e. The van der Waals surface area contributed by atoms with E-state index in [-0.39, 0.29) is 24.8 Å². The summed E-state index contributed by atoms with van der Waals surface area (Å²) in [5.74, 6) is -1.15. The molecule has 4 nitrogen and oxygen atoms in total. The van der Waals surface area contributed by atoms with Crippen molar-refractivity contribution in [3.8, 4) is 0 Å². The van der Waals surface area contributed by atoms with Gasteiger partial charge in [0.05, 0.1) is 0 Å². The summed E-state index contributed by atoms with van der Waals surface area (Å²) in [6.45, 7) is 5.51. The molecule has 0 bridgehead atoms.